The van der Waals surface area contributed by atoms with Gasteiger partial charge >= 0.3 is 0 Å². The van der Waals surface area contributed by atoms with Crippen LogP contribution in [0, 0.1) is 18.2 Å². The highest BCUT2D eigenvalue weighted by molar-refractivity contribution is 6.04. The zero-order valence-corrected chi connectivity index (χ0v) is 22.5. The van der Waals surface area contributed by atoms with Crippen LogP contribution in [0.4, 0.5) is 14.6 Å². The second kappa shape index (κ2) is 9.03. The van der Waals surface area contributed by atoms with Crippen LogP contribution in [0.1, 0.15) is 31.2 Å². The minimum atomic E-state index is -0.844. The summed E-state index contributed by atoms with van der Waals surface area (Å²) in [5, 5.41) is 20.0. The average Bonchev–Trinajstić information content (AvgIpc) is 3.78. The minimum absolute atomic E-state index is 0.0272. The van der Waals surface area contributed by atoms with Crippen LogP contribution < -0.4 is 15.0 Å². The van der Waals surface area contributed by atoms with E-state index in [1.165, 1.54) is 6.07 Å². The Morgan fingerprint density at radius 2 is 2.12 bits per heavy atom. The number of fused-ring (bicyclic) bond motifs is 5. The van der Waals surface area contributed by atoms with Crippen molar-refractivity contribution in [1.82, 2.24) is 24.8 Å². The molecule has 2 N–H and O–H groups in total. The monoisotopic (exact) mass is 556 g/mol. The number of alkyl halides is 1. The highest BCUT2D eigenvalue weighted by Gasteiger charge is 2.49. The first-order chi connectivity index (χ1) is 19.9. The second-order valence-electron chi connectivity index (χ2n) is 11.9. The Bertz CT molecular complexity index is 1750. The van der Waals surface area contributed by atoms with Crippen molar-refractivity contribution in [1.29, 1.82) is 0 Å². The van der Waals surface area contributed by atoms with Crippen LogP contribution in [0.5, 0.6) is 11.6 Å². The van der Waals surface area contributed by atoms with E-state index in [-0.39, 0.29) is 16.9 Å². The number of terminal acetylenes is 1. The molecule has 10 heteroatoms. The topological polar surface area (TPSA) is 78.2 Å². The van der Waals surface area contributed by atoms with E-state index < -0.39 is 12.0 Å². The van der Waals surface area contributed by atoms with Crippen LogP contribution in [0.2, 0.25) is 0 Å². The Kier molecular flexibility index (Phi) is 5.47. The van der Waals surface area contributed by atoms with Crippen LogP contribution in [0.15, 0.2) is 36.5 Å². The van der Waals surface area contributed by atoms with E-state index in [2.05, 4.69) is 21.0 Å². The quantitative estimate of drug-likeness (QED) is 0.362. The molecule has 8 nitrogen and oxygen atoms in total. The maximum absolute atomic E-state index is 14.9. The number of hydrogen-bond acceptors (Lipinski definition) is 7. The Hall–Kier alpha value is -3.94. The molecule has 4 aromatic rings. The lowest BCUT2D eigenvalue weighted by Gasteiger charge is -2.32. The number of ether oxygens (including phenoxy) is 1. The number of phenols is 1. The Labute approximate surface area is 235 Å². The van der Waals surface area contributed by atoms with E-state index in [0.29, 0.717) is 65.1 Å². The molecule has 6 heterocycles. The molecule has 2 aromatic heterocycles. The van der Waals surface area contributed by atoms with Gasteiger partial charge in [0.2, 0.25) is 5.88 Å². The fourth-order valence-corrected chi connectivity index (χ4v) is 7.67. The van der Waals surface area contributed by atoms with Crippen LogP contribution >= 0.6 is 0 Å². The summed E-state index contributed by atoms with van der Waals surface area (Å²) < 4.78 is 37.5. The maximum Gasteiger partial charge on any atom is 0.219 e. The summed E-state index contributed by atoms with van der Waals surface area (Å²) in [7, 11) is 0. The van der Waals surface area contributed by atoms with E-state index in [1.807, 2.05) is 6.07 Å². The Morgan fingerprint density at radius 3 is 2.93 bits per heavy atom. The summed E-state index contributed by atoms with van der Waals surface area (Å²) >= 11 is 0. The molecular formula is C31H30F2N6O2. The van der Waals surface area contributed by atoms with Gasteiger partial charge in [-0.2, -0.15) is 14.6 Å². The SMILES string of the molecule is C#Cc1c(F)ccc2cc(O)cc(-c3cnn4c(N5CC6CC5CN6)cc(OC[C@]56CCCN5C[C@@H](F)C6)nc34)c12. The number of aromatic hydroxyl groups is 1. The number of halogens is 2. The zero-order valence-electron chi connectivity index (χ0n) is 22.5. The van der Waals surface area contributed by atoms with Gasteiger partial charge in [0.1, 0.15) is 30.2 Å². The molecule has 4 saturated heterocycles. The molecule has 2 aromatic carbocycles. The maximum atomic E-state index is 14.9. The van der Waals surface area contributed by atoms with Crippen molar-refractivity contribution in [3.8, 4) is 35.1 Å². The summed E-state index contributed by atoms with van der Waals surface area (Å²) in [5.41, 5.74) is 1.47. The fourth-order valence-electron chi connectivity index (χ4n) is 7.67. The molecule has 4 atom stereocenters. The average molecular weight is 557 g/mol. The highest BCUT2D eigenvalue weighted by atomic mass is 19.1. The van der Waals surface area contributed by atoms with Crippen molar-refractivity contribution in [3.05, 3.63) is 47.9 Å². The third-order valence-corrected chi connectivity index (χ3v) is 9.52. The summed E-state index contributed by atoms with van der Waals surface area (Å²) in [4.78, 5) is 9.46. The molecule has 0 saturated carbocycles. The van der Waals surface area contributed by atoms with Crippen molar-refractivity contribution in [3.63, 3.8) is 0 Å². The van der Waals surface area contributed by atoms with Crippen LogP contribution in [0.3, 0.4) is 0 Å². The number of hydrogen-bond donors (Lipinski definition) is 2. The lowest BCUT2D eigenvalue weighted by molar-refractivity contribution is 0.110. The minimum Gasteiger partial charge on any atom is -0.508 e. The van der Waals surface area contributed by atoms with Gasteiger partial charge in [0.15, 0.2) is 5.65 Å². The normalized spacial score (nSPS) is 27.2. The molecule has 210 valence electrons. The number of nitrogens with zero attached hydrogens (tertiary/aromatic N) is 5. The number of phenolic OH excluding ortho intramolecular Hbond substituents is 1. The lowest BCUT2D eigenvalue weighted by Crippen LogP contribution is -2.44. The number of benzene rings is 2. The van der Waals surface area contributed by atoms with Crippen molar-refractivity contribution in [2.24, 2.45) is 0 Å². The van der Waals surface area contributed by atoms with Crippen molar-refractivity contribution in [2.75, 3.05) is 37.7 Å². The largest absolute Gasteiger partial charge is 0.508 e. The van der Waals surface area contributed by atoms with Gasteiger partial charge in [0.05, 0.1) is 17.3 Å². The Morgan fingerprint density at radius 1 is 1.22 bits per heavy atom. The first-order valence-corrected chi connectivity index (χ1v) is 14.3. The molecule has 0 amide bonds. The van der Waals surface area contributed by atoms with Gasteiger partial charge < -0.3 is 20.1 Å². The molecule has 41 heavy (non-hydrogen) atoms. The van der Waals surface area contributed by atoms with Gasteiger partial charge in [0.25, 0.3) is 0 Å². The Balaban J connectivity index is 1.28. The third-order valence-electron chi connectivity index (χ3n) is 9.52. The second-order valence-corrected chi connectivity index (χ2v) is 11.9. The van der Waals surface area contributed by atoms with Crippen LogP contribution in [-0.2, 0) is 0 Å². The van der Waals surface area contributed by atoms with E-state index in [4.69, 9.17) is 21.2 Å². The molecule has 0 aliphatic carbocycles. The van der Waals surface area contributed by atoms with Gasteiger partial charge in [-0.15, -0.1) is 6.42 Å². The van der Waals surface area contributed by atoms with Gasteiger partial charge in [-0.25, -0.2) is 8.78 Å². The summed E-state index contributed by atoms with van der Waals surface area (Å²) in [6, 6.07) is 8.71. The predicted octanol–water partition coefficient (Wildman–Crippen LogP) is 3.88. The van der Waals surface area contributed by atoms with E-state index in [0.717, 1.165) is 44.7 Å². The molecule has 0 spiro atoms. The van der Waals surface area contributed by atoms with Gasteiger partial charge in [-0.1, -0.05) is 12.0 Å². The van der Waals surface area contributed by atoms with Gasteiger partial charge in [-0.05, 0) is 55.0 Å². The van der Waals surface area contributed by atoms with Crippen LogP contribution in [0.25, 0.3) is 27.5 Å². The van der Waals surface area contributed by atoms with Crippen molar-refractivity contribution >= 4 is 22.2 Å². The standard InChI is InChI=1S/C31H30F2N6O2/c1-2-23-26(33)5-4-18-8-22(40)10-24(29(18)23)25-14-35-39-28(38-16-20-9-21(38)13-34-20)11-27(36-30(25)39)41-17-31-6-3-7-37(31)15-19(32)12-31/h1,4-5,8,10-11,14,19-21,34,40H,3,6-7,9,12-13,15-17H2/t19-,20?,21?,31+/m0/s1. The van der Waals surface area contributed by atoms with Gasteiger partial charge in [0, 0.05) is 55.2 Å². The molecule has 4 aliphatic heterocycles. The first kappa shape index (κ1) is 24.8. The van der Waals surface area contributed by atoms with Crippen LogP contribution in [-0.4, -0.2) is 81.2 Å². The molecule has 2 bridgehead atoms. The number of aromatic nitrogens is 3. The predicted molar refractivity (Wildman–Crippen MR) is 152 cm³/mol. The molecule has 4 aliphatic rings. The molecular weight excluding hydrogens is 526 g/mol. The highest BCUT2D eigenvalue weighted by Crippen LogP contribution is 2.42. The zero-order chi connectivity index (χ0) is 27.9. The molecule has 8 rings (SSSR count). The van der Waals surface area contributed by atoms with Gasteiger partial charge in [-0.3, -0.25) is 4.90 Å². The van der Waals surface area contributed by atoms with Crippen molar-refractivity contribution < 1.29 is 18.6 Å². The number of anilines is 1. The summed E-state index contributed by atoms with van der Waals surface area (Å²) in [6.45, 7) is 3.42. The first-order valence-electron chi connectivity index (χ1n) is 14.3. The fraction of sp³-hybridized carbons (Fsp3) is 0.419. The molecule has 0 radical (unpaired) electrons. The third kappa shape index (κ3) is 3.79. The number of piperazine rings is 1. The summed E-state index contributed by atoms with van der Waals surface area (Å²) in [5.74, 6) is 3.30. The summed E-state index contributed by atoms with van der Waals surface area (Å²) in [6.07, 6.45) is 10.0. The number of rotatable bonds is 5. The van der Waals surface area contributed by atoms with E-state index in [9.17, 15) is 13.9 Å². The molecule has 2 unspecified atom stereocenters. The smallest absolute Gasteiger partial charge is 0.219 e. The number of nitrogens with one attached hydrogen (secondary N) is 1. The lowest BCUT2D eigenvalue weighted by atomic mass is 9.95. The van der Waals surface area contributed by atoms with E-state index >= 15 is 0 Å². The molecule has 4 fully saturated rings. The van der Waals surface area contributed by atoms with Crippen molar-refractivity contribution in [2.45, 2.75) is 49.5 Å². The van der Waals surface area contributed by atoms with E-state index in [1.54, 1.807) is 28.9 Å².